The molecule has 0 aliphatic heterocycles. The first-order valence-corrected chi connectivity index (χ1v) is 9.40. The lowest BCUT2D eigenvalue weighted by molar-refractivity contribution is -0.117. The molecule has 0 aromatic carbocycles. The molecule has 2 rings (SSSR count). The lowest BCUT2D eigenvalue weighted by atomic mass is 10.1. The Morgan fingerprint density at radius 3 is 2.59 bits per heavy atom. The summed E-state index contributed by atoms with van der Waals surface area (Å²) in [7, 11) is 0. The van der Waals surface area contributed by atoms with Crippen LogP contribution in [0.4, 0.5) is 5.88 Å². The number of thiophene rings is 1. The number of esters is 1. The Morgan fingerprint density at radius 1 is 1.30 bits per heavy atom. The second-order valence-electron chi connectivity index (χ2n) is 5.75. The second-order valence-corrected chi connectivity index (χ2v) is 6.79. The molecule has 0 atom stereocenters. The van der Waals surface area contributed by atoms with Crippen LogP contribution in [0.2, 0.25) is 0 Å². The van der Waals surface area contributed by atoms with Crippen LogP contribution in [0.5, 0.6) is 0 Å². The Morgan fingerprint density at radius 2 is 2.04 bits per heavy atom. The number of carbonyl (C=O) groups is 3. The smallest absolute Gasteiger partial charge is 0.342 e. The van der Waals surface area contributed by atoms with E-state index in [4.69, 9.17) is 14.9 Å². The number of nitrogens with one attached hydrogen (secondary N) is 1. The number of carbonyl (C=O) groups excluding carboxylic acids is 3. The minimum Gasteiger partial charge on any atom is -0.462 e. The fourth-order valence-electron chi connectivity index (χ4n) is 2.59. The second kappa shape index (κ2) is 9.33. The minimum atomic E-state index is -0.879. The average molecular weight is 393 g/mol. The molecule has 2 aromatic rings. The summed E-state index contributed by atoms with van der Waals surface area (Å²) in [5.74, 6) is -1.96. The number of primary amides is 1. The minimum absolute atomic E-state index is 0.0643. The van der Waals surface area contributed by atoms with Gasteiger partial charge in [0.25, 0.3) is 5.91 Å². The van der Waals surface area contributed by atoms with Crippen LogP contribution in [0.25, 0.3) is 0 Å². The number of ether oxygens (including phenoxy) is 1. The molecule has 2 heterocycles. The number of nitrogens with zero attached hydrogens (tertiary/aromatic N) is 1. The highest BCUT2D eigenvalue weighted by Crippen LogP contribution is 2.27. The maximum Gasteiger partial charge on any atom is 0.342 e. The summed E-state index contributed by atoms with van der Waals surface area (Å²) in [5.41, 5.74) is 5.14. The van der Waals surface area contributed by atoms with E-state index in [2.05, 4.69) is 5.32 Å². The summed E-state index contributed by atoms with van der Waals surface area (Å²) in [6.45, 7) is 6.63. The Bertz CT molecular complexity index is 813. The third-order valence-electron chi connectivity index (χ3n) is 3.84. The van der Waals surface area contributed by atoms with Crippen LogP contribution < -0.4 is 11.1 Å². The maximum absolute atomic E-state index is 12.4. The van der Waals surface area contributed by atoms with Crippen LogP contribution in [0.1, 0.15) is 45.2 Å². The van der Waals surface area contributed by atoms with E-state index in [0.717, 1.165) is 4.88 Å². The van der Waals surface area contributed by atoms with Crippen LogP contribution >= 0.6 is 11.3 Å². The SMILES string of the molecule is CCOC(=O)c1c(C)oc(NC(=O)CN(CC)Cc2cccs2)c1C(N)=O. The summed E-state index contributed by atoms with van der Waals surface area (Å²) in [4.78, 5) is 39.4. The van der Waals surface area contributed by atoms with Gasteiger partial charge in [0.1, 0.15) is 16.9 Å². The normalized spacial score (nSPS) is 10.8. The standard InChI is InChI=1S/C18H23N3O5S/c1-4-21(9-12-7-6-8-27-12)10-13(22)20-17-15(16(19)23)14(11(3)26-17)18(24)25-5-2/h6-8H,4-5,9-10H2,1-3H3,(H2,19,23)(H,20,22). The van der Waals surface area contributed by atoms with E-state index in [-0.39, 0.29) is 41.8 Å². The largest absolute Gasteiger partial charge is 0.462 e. The van der Waals surface area contributed by atoms with E-state index in [0.29, 0.717) is 13.1 Å². The quantitative estimate of drug-likeness (QED) is 0.632. The number of anilines is 1. The van der Waals surface area contributed by atoms with Crippen LogP contribution in [-0.4, -0.2) is 42.4 Å². The van der Waals surface area contributed by atoms with Gasteiger partial charge < -0.3 is 14.9 Å². The Labute approximate surface area is 161 Å². The Kier molecular flexibility index (Phi) is 7.14. The van der Waals surface area contributed by atoms with Gasteiger partial charge in [0, 0.05) is 11.4 Å². The van der Waals surface area contributed by atoms with Gasteiger partial charge in [-0.15, -0.1) is 11.3 Å². The van der Waals surface area contributed by atoms with Crippen molar-refractivity contribution in [1.29, 1.82) is 0 Å². The lowest BCUT2D eigenvalue weighted by Gasteiger charge is -2.18. The topological polar surface area (TPSA) is 115 Å². The number of amides is 2. The van der Waals surface area contributed by atoms with Gasteiger partial charge in [-0.25, -0.2) is 4.79 Å². The Hall–Kier alpha value is -2.65. The molecule has 0 aliphatic carbocycles. The van der Waals surface area contributed by atoms with E-state index < -0.39 is 11.9 Å². The third-order valence-corrected chi connectivity index (χ3v) is 4.70. The molecular formula is C18H23N3O5S. The maximum atomic E-state index is 12.4. The number of hydrogen-bond donors (Lipinski definition) is 2. The average Bonchev–Trinajstić information content (AvgIpc) is 3.21. The van der Waals surface area contributed by atoms with Gasteiger partial charge in [0.15, 0.2) is 0 Å². The predicted molar refractivity (Wildman–Crippen MR) is 102 cm³/mol. The van der Waals surface area contributed by atoms with Gasteiger partial charge in [-0.1, -0.05) is 13.0 Å². The number of aryl methyl sites for hydroxylation is 1. The van der Waals surface area contributed by atoms with Crippen molar-refractivity contribution in [2.75, 3.05) is 25.0 Å². The van der Waals surface area contributed by atoms with Crippen LogP contribution in [0.3, 0.4) is 0 Å². The molecule has 8 nitrogen and oxygen atoms in total. The van der Waals surface area contributed by atoms with E-state index >= 15 is 0 Å². The molecule has 2 aromatic heterocycles. The zero-order chi connectivity index (χ0) is 20.0. The van der Waals surface area contributed by atoms with Gasteiger partial charge >= 0.3 is 5.97 Å². The fraction of sp³-hybridized carbons (Fsp3) is 0.389. The molecule has 3 N–H and O–H groups in total. The molecule has 0 unspecified atom stereocenters. The van der Waals surface area contributed by atoms with E-state index in [9.17, 15) is 14.4 Å². The lowest BCUT2D eigenvalue weighted by Crippen LogP contribution is -2.33. The van der Waals surface area contributed by atoms with Crippen molar-refractivity contribution >= 4 is 35.0 Å². The molecule has 0 saturated carbocycles. The van der Waals surface area contributed by atoms with Crippen molar-refractivity contribution in [1.82, 2.24) is 4.90 Å². The molecule has 2 amide bonds. The van der Waals surface area contributed by atoms with Crippen LogP contribution in [0, 0.1) is 6.92 Å². The summed E-state index contributed by atoms with van der Waals surface area (Å²) in [6, 6.07) is 3.95. The van der Waals surface area contributed by atoms with Gasteiger partial charge in [-0.05, 0) is 31.8 Å². The van der Waals surface area contributed by atoms with Gasteiger partial charge in [-0.2, -0.15) is 0 Å². The monoisotopic (exact) mass is 393 g/mol. The Balaban J connectivity index is 2.15. The molecular weight excluding hydrogens is 370 g/mol. The first kappa shape index (κ1) is 20.7. The van der Waals surface area contributed by atoms with Crippen molar-refractivity contribution in [3.8, 4) is 0 Å². The van der Waals surface area contributed by atoms with Crippen LogP contribution in [0.15, 0.2) is 21.9 Å². The molecule has 0 saturated heterocycles. The summed E-state index contributed by atoms with van der Waals surface area (Å²) >= 11 is 1.61. The molecule has 0 radical (unpaired) electrons. The molecule has 27 heavy (non-hydrogen) atoms. The van der Waals surface area contributed by atoms with Gasteiger partial charge in [0.05, 0.1) is 13.2 Å². The highest BCUT2D eigenvalue weighted by Gasteiger charge is 2.29. The van der Waals surface area contributed by atoms with Crippen molar-refractivity contribution in [3.05, 3.63) is 39.3 Å². The van der Waals surface area contributed by atoms with E-state index in [1.165, 1.54) is 6.92 Å². The summed E-state index contributed by atoms with van der Waals surface area (Å²) in [5, 5.41) is 4.52. The molecule has 0 aliphatic rings. The molecule has 9 heteroatoms. The van der Waals surface area contributed by atoms with E-state index in [1.54, 1.807) is 18.3 Å². The highest BCUT2D eigenvalue weighted by atomic mass is 32.1. The van der Waals surface area contributed by atoms with E-state index in [1.807, 2.05) is 29.3 Å². The highest BCUT2D eigenvalue weighted by molar-refractivity contribution is 7.09. The van der Waals surface area contributed by atoms with Crippen molar-refractivity contribution in [2.45, 2.75) is 27.3 Å². The third kappa shape index (κ3) is 5.18. The first-order chi connectivity index (χ1) is 12.9. The zero-order valence-electron chi connectivity index (χ0n) is 15.5. The summed E-state index contributed by atoms with van der Waals surface area (Å²) in [6.07, 6.45) is 0. The molecule has 146 valence electrons. The van der Waals surface area contributed by atoms with Crippen molar-refractivity contribution in [3.63, 3.8) is 0 Å². The van der Waals surface area contributed by atoms with Crippen molar-refractivity contribution < 1.29 is 23.5 Å². The number of hydrogen-bond acceptors (Lipinski definition) is 7. The number of likely N-dealkylation sites (N-methyl/N-ethyl adjacent to an activating group) is 1. The molecule has 0 bridgehead atoms. The number of rotatable bonds is 9. The van der Waals surface area contributed by atoms with Gasteiger partial charge in [0.2, 0.25) is 11.8 Å². The van der Waals surface area contributed by atoms with Crippen LogP contribution in [-0.2, 0) is 16.1 Å². The first-order valence-electron chi connectivity index (χ1n) is 8.52. The fourth-order valence-corrected chi connectivity index (χ4v) is 3.33. The predicted octanol–water partition coefficient (Wildman–Crippen LogP) is 2.39. The molecule has 0 fully saturated rings. The summed E-state index contributed by atoms with van der Waals surface area (Å²) < 4.78 is 10.3. The number of nitrogens with two attached hydrogens (primary N) is 1. The zero-order valence-corrected chi connectivity index (χ0v) is 16.4. The van der Waals surface area contributed by atoms with Crippen molar-refractivity contribution in [2.24, 2.45) is 5.73 Å². The van der Waals surface area contributed by atoms with Gasteiger partial charge in [-0.3, -0.25) is 19.8 Å². The number of furan rings is 1. The molecule has 0 spiro atoms.